The Balaban J connectivity index is 2.25. The van der Waals surface area contributed by atoms with Gasteiger partial charge in [0.1, 0.15) is 5.75 Å². The maximum atomic E-state index is 11.3. The number of aryl methyl sites for hydroxylation is 1. The molecule has 0 aliphatic heterocycles. The lowest BCUT2D eigenvalue weighted by atomic mass is 10.3. The minimum atomic E-state index is -3.78. The number of nitrogens with zero attached hydrogens (tertiary/aromatic N) is 2. The van der Waals surface area contributed by atoms with E-state index in [0.29, 0.717) is 26.4 Å². The maximum Gasteiger partial charge on any atom is 0.264 e. The zero-order valence-corrected chi connectivity index (χ0v) is 14.1. The van der Waals surface area contributed by atoms with Gasteiger partial charge >= 0.3 is 0 Å². The summed E-state index contributed by atoms with van der Waals surface area (Å²) in [6.45, 7) is 1.76. The molecular weight excluding hydrogens is 418 g/mol. The number of sulfonamides is 1. The minimum Gasteiger partial charge on any atom is -0.481 e. The van der Waals surface area contributed by atoms with E-state index >= 15 is 0 Å². The van der Waals surface area contributed by atoms with Gasteiger partial charge in [0.15, 0.2) is 12.4 Å². The second-order valence-corrected chi connectivity index (χ2v) is 7.06. The van der Waals surface area contributed by atoms with Crippen LogP contribution in [-0.4, -0.2) is 18.6 Å². The summed E-state index contributed by atoms with van der Waals surface area (Å²) in [6.07, 6.45) is 0. The van der Waals surface area contributed by atoms with Crippen molar-refractivity contribution in [2.24, 2.45) is 5.14 Å². The summed E-state index contributed by atoms with van der Waals surface area (Å²) in [4.78, 5) is 3.96. The molecule has 10 heteroatoms. The molecule has 20 heavy (non-hydrogen) atoms. The number of primary sulfonamides is 1. The molecule has 2 rings (SSSR count). The minimum absolute atomic E-state index is 0.0303. The Labute approximate surface area is 131 Å². The lowest BCUT2D eigenvalue weighted by Crippen LogP contribution is -2.12. The normalized spacial score (nSPS) is 11.6. The average Bonchev–Trinajstić information content (AvgIpc) is 2.72. The first-order chi connectivity index (χ1) is 9.27. The third-order valence-corrected chi connectivity index (χ3v) is 4.28. The van der Waals surface area contributed by atoms with Crippen LogP contribution in [0.1, 0.15) is 11.7 Å². The molecule has 0 spiro atoms. The Morgan fingerprint density at radius 3 is 2.40 bits per heavy atom. The fourth-order valence-electron chi connectivity index (χ4n) is 1.37. The first kappa shape index (κ1) is 15.4. The smallest absolute Gasteiger partial charge is 0.264 e. The van der Waals surface area contributed by atoms with E-state index in [0.717, 1.165) is 0 Å². The van der Waals surface area contributed by atoms with Gasteiger partial charge in [-0.05, 0) is 50.9 Å². The molecule has 0 saturated carbocycles. The first-order valence-electron chi connectivity index (χ1n) is 5.21. The van der Waals surface area contributed by atoms with Crippen LogP contribution >= 0.6 is 31.9 Å². The van der Waals surface area contributed by atoms with E-state index in [1.54, 1.807) is 6.92 Å². The topological polar surface area (TPSA) is 108 Å². The second-order valence-electron chi connectivity index (χ2n) is 3.79. The Hall–Kier alpha value is -0.970. The van der Waals surface area contributed by atoms with Gasteiger partial charge < -0.3 is 9.26 Å². The zero-order chi connectivity index (χ0) is 14.9. The standard InChI is InChI=1S/C10H9Br2N3O4S/c1-5-14-9(19-15-5)4-18-10-7(11)2-6(3-8(10)12)20(13,16)17/h2-3H,4H2,1H3,(H2,13,16,17). The van der Waals surface area contributed by atoms with Crippen LogP contribution in [0.25, 0.3) is 0 Å². The molecule has 108 valence electrons. The molecule has 0 bridgehead atoms. The zero-order valence-electron chi connectivity index (χ0n) is 10.1. The fourth-order valence-corrected chi connectivity index (χ4v) is 3.65. The van der Waals surface area contributed by atoms with Crippen LogP contribution in [0.3, 0.4) is 0 Å². The molecule has 1 aromatic carbocycles. The number of halogens is 2. The number of hydrogen-bond acceptors (Lipinski definition) is 6. The summed E-state index contributed by atoms with van der Waals surface area (Å²) < 4.78 is 33.9. The lowest BCUT2D eigenvalue weighted by Gasteiger charge is -2.10. The number of hydrogen-bond donors (Lipinski definition) is 1. The number of benzene rings is 1. The van der Waals surface area contributed by atoms with E-state index < -0.39 is 10.0 Å². The van der Waals surface area contributed by atoms with E-state index in [-0.39, 0.29) is 11.5 Å². The summed E-state index contributed by atoms with van der Waals surface area (Å²) in [5.41, 5.74) is 0. The van der Waals surface area contributed by atoms with Crippen LogP contribution in [-0.2, 0) is 16.6 Å². The number of nitrogens with two attached hydrogens (primary N) is 1. The van der Waals surface area contributed by atoms with E-state index in [1.807, 2.05) is 0 Å². The van der Waals surface area contributed by atoms with Crippen molar-refractivity contribution < 1.29 is 17.7 Å². The van der Waals surface area contributed by atoms with Gasteiger partial charge in [-0.1, -0.05) is 5.16 Å². The molecule has 0 amide bonds. The Morgan fingerprint density at radius 1 is 1.35 bits per heavy atom. The van der Waals surface area contributed by atoms with Crippen molar-refractivity contribution in [1.29, 1.82) is 0 Å². The third kappa shape index (κ3) is 3.57. The molecule has 1 aromatic heterocycles. The molecule has 0 atom stereocenters. The Kier molecular flexibility index (Phi) is 4.47. The summed E-state index contributed by atoms with van der Waals surface area (Å²) in [5, 5.41) is 8.70. The van der Waals surface area contributed by atoms with E-state index in [4.69, 9.17) is 14.4 Å². The molecule has 0 radical (unpaired) electrons. The molecule has 0 unspecified atom stereocenters. The highest BCUT2D eigenvalue weighted by Crippen LogP contribution is 2.36. The lowest BCUT2D eigenvalue weighted by molar-refractivity contribution is 0.240. The molecule has 0 fully saturated rings. The molecule has 2 aromatic rings. The Morgan fingerprint density at radius 2 is 1.95 bits per heavy atom. The predicted molar refractivity (Wildman–Crippen MR) is 76.6 cm³/mol. The van der Waals surface area contributed by atoms with Crippen molar-refractivity contribution in [3.63, 3.8) is 0 Å². The van der Waals surface area contributed by atoms with Gasteiger partial charge in [0.05, 0.1) is 13.8 Å². The number of ether oxygens (including phenoxy) is 1. The van der Waals surface area contributed by atoms with Crippen molar-refractivity contribution in [2.75, 3.05) is 0 Å². The Bertz CT molecular complexity index is 722. The van der Waals surface area contributed by atoms with Gasteiger partial charge in [0.25, 0.3) is 5.89 Å². The van der Waals surface area contributed by atoms with Gasteiger partial charge in [-0.25, -0.2) is 13.6 Å². The van der Waals surface area contributed by atoms with Crippen molar-refractivity contribution in [2.45, 2.75) is 18.4 Å². The monoisotopic (exact) mass is 425 g/mol. The van der Waals surface area contributed by atoms with Crippen molar-refractivity contribution in [1.82, 2.24) is 10.1 Å². The van der Waals surface area contributed by atoms with Gasteiger partial charge in [-0.3, -0.25) is 0 Å². The molecular formula is C10H9Br2N3O4S. The van der Waals surface area contributed by atoms with E-state index in [2.05, 4.69) is 42.0 Å². The van der Waals surface area contributed by atoms with E-state index in [1.165, 1.54) is 12.1 Å². The van der Waals surface area contributed by atoms with Crippen LogP contribution < -0.4 is 9.88 Å². The predicted octanol–water partition coefficient (Wildman–Crippen LogP) is 2.13. The molecule has 0 aliphatic rings. The molecule has 1 heterocycles. The second kappa shape index (κ2) is 5.80. The highest BCUT2D eigenvalue weighted by Gasteiger charge is 2.16. The summed E-state index contributed by atoms with van der Waals surface area (Å²) in [7, 11) is -3.78. The summed E-state index contributed by atoms with van der Waals surface area (Å²) in [6, 6.07) is 2.71. The van der Waals surface area contributed by atoms with Crippen LogP contribution in [0.4, 0.5) is 0 Å². The van der Waals surface area contributed by atoms with Crippen molar-refractivity contribution >= 4 is 41.9 Å². The van der Waals surface area contributed by atoms with Crippen LogP contribution in [0.5, 0.6) is 5.75 Å². The number of aromatic nitrogens is 2. The molecule has 2 N–H and O–H groups in total. The maximum absolute atomic E-state index is 11.3. The molecule has 0 aliphatic carbocycles. The highest BCUT2D eigenvalue weighted by molar-refractivity contribution is 9.11. The number of rotatable bonds is 4. The van der Waals surface area contributed by atoms with Gasteiger partial charge in [-0.2, -0.15) is 4.98 Å². The van der Waals surface area contributed by atoms with E-state index in [9.17, 15) is 8.42 Å². The van der Waals surface area contributed by atoms with Crippen molar-refractivity contribution in [3.05, 3.63) is 32.8 Å². The largest absolute Gasteiger partial charge is 0.481 e. The van der Waals surface area contributed by atoms with Crippen molar-refractivity contribution in [3.8, 4) is 5.75 Å². The summed E-state index contributed by atoms with van der Waals surface area (Å²) in [5.74, 6) is 1.23. The van der Waals surface area contributed by atoms with Crippen LogP contribution in [0.2, 0.25) is 0 Å². The van der Waals surface area contributed by atoms with Gasteiger partial charge in [0.2, 0.25) is 10.0 Å². The fraction of sp³-hybridized carbons (Fsp3) is 0.200. The van der Waals surface area contributed by atoms with Crippen LogP contribution in [0.15, 0.2) is 30.5 Å². The van der Waals surface area contributed by atoms with Gasteiger partial charge in [-0.15, -0.1) is 0 Å². The highest BCUT2D eigenvalue weighted by atomic mass is 79.9. The quantitative estimate of drug-likeness (QED) is 0.801. The van der Waals surface area contributed by atoms with Crippen LogP contribution in [0, 0.1) is 6.92 Å². The molecule has 0 saturated heterocycles. The molecule has 7 nitrogen and oxygen atoms in total. The SMILES string of the molecule is Cc1noc(COc2c(Br)cc(S(N)(=O)=O)cc2Br)n1. The van der Waals surface area contributed by atoms with Gasteiger partial charge in [0, 0.05) is 0 Å². The average molecular weight is 427 g/mol. The third-order valence-electron chi connectivity index (χ3n) is 2.21. The summed E-state index contributed by atoms with van der Waals surface area (Å²) >= 11 is 6.46. The first-order valence-corrected chi connectivity index (χ1v) is 8.34.